The Morgan fingerprint density at radius 2 is 1.88 bits per heavy atom. The Kier molecular flexibility index (Phi) is 5.74. The van der Waals surface area contributed by atoms with Gasteiger partial charge in [-0.05, 0) is 65.4 Å². The lowest BCUT2D eigenvalue weighted by molar-refractivity contribution is -0.139. The van der Waals surface area contributed by atoms with E-state index in [1.54, 1.807) is 6.92 Å². The van der Waals surface area contributed by atoms with Crippen LogP contribution in [0, 0.1) is 5.82 Å². The summed E-state index contributed by atoms with van der Waals surface area (Å²) < 4.78 is 19.4. The number of carbonyl (C=O) groups excluding carboxylic acids is 1. The Hall–Kier alpha value is -1.88. The van der Waals surface area contributed by atoms with Crippen molar-refractivity contribution >= 4 is 21.8 Å². The van der Waals surface area contributed by atoms with Crippen molar-refractivity contribution in [1.29, 1.82) is 0 Å². The molecule has 0 radical (unpaired) electrons. The molecule has 1 fully saturated rings. The number of likely N-dealkylation sites (tertiary alicyclic amines) is 1. The van der Waals surface area contributed by atoms with Crippen molar-refractivity contribution in [3.05, 3.63) is 64.4 Å². The largest absolute Gasteiger partial charge is 0.480 e. The van der Waals surface area contributed by atoms with Crippen molar-refractivity contribution in [3.8, 4) is 5.75 Å². The maximum absolute atomic E-state index is 13.2. The van der Waals surface area contributed by atoms with Crippen LogP contribution in [0.2, 0.25) is 0 Å². The van der Waals surface area contributed by atoms with Crippen molar-refractivity contribution in [2.24, 2.45) is 0 Å². The van der Waals surface area contributed by atoms with Gasteiger partial charge in [-0.2, -0.15) is 0 Å². The highest BCUT2D eigenvalue weighted by Gasteiger charge is 2.27. The monoisotopic (exact) mass is 405 g/mol. The van der Waals surface area contributed by atoms with Gasteiger partial charge in [-0.1, -0.05) is 30.3 Å². The fourth-order valence-corrected chi connectivity index (χ4v) is 3.67. The topological polar surface area (TPSA) is 29.5 Å². The van der Waals surface area contributed by atoms with E-state index in [1.165, 1.54) is 23.8 Å². The van der Waals surface area contributed by atoms with Crippen molar-refractivity contribution in [1.82, 2.24) is 4.90 Å². The highest BCUT2D eigenvalue weighted by Crippen LogP contribution is 2.29. The van der Waals surface area contributed by atoms with Crippen LogP contribution in [0.3, 0.4) is 0 Å². The second kappa shape index (κ2) is 8.00. The summed E-state index contributed by atoms with van der Waals surface area (Å²) in [5.74, 6) is 0.609. The van der Waals surface area contributed by atoms with Gasteiger partial charge in [0.1, 0.15) is 11.6 Å². The van der Waals surface area contributed by atoms with Gasteiger partial charge in [0.05, 0.1) is 4.47 Å². The van der Waals surface area contributed by atoms with Crippen molar-refractivity contribution in [2.45, 2.75) is 31.8 Å². The molecule has 5 heteroatoms. The summed E-state index contributed by atoms with van der Waals surface area (Å²) in [6.07, 6.45) is 1.32. The predicted octanol–water partition coefficient (Wildman–Crippen LogP) is 4.76. The summed E-state index contributed by atoms with van der Waals surface area (Å²) in [7, 11) is 0. The smallest absolute Gasteiger partial charge is 0.263 e. The summed E-state index contributed by atoms with van der Waals surface area (Å²) in [6, 6.07) is 14.6. The van der Waals surface area contributed by atoms with Gasteiger partial charge in [0.15, 0.2) is 6.10 Å². The number of amides is 1. The molecular formula is C20H21BrFNO2. The third-order valence-electron chi connectivity index (χ3n) is 4.62. The second-order valence-corrected chi connectivity index (χ2v) is 7.20. The first-order valence-corrected chi connectivity index (χ1v) is 9.29. The van der Waals surface area contributed by atoms with Gasteiger partial charge < -0.3 is 9.64 Å². The fraction of sp³-hybridized carbons (Fsp3) is 0.350. The van der Waals surface area contributed by atoms with Crippen molar-refractivity contribution in [3.63, 3.8) is 0 Å². The first kappa shape index (κ1) is 17.9. The molecule has 0 saturated carbocycles. The lowest BCUT2D eigenvalue weighted by Crippen LogP contribution is -2.44. The Balaban J connectivity index is 1.56. The standard InChI is InChI=1S/C20H21BrFNO2/c1-14(25-19-8-7-17(22)13-18(19)21)20(24)23-11-9-16(10-12-23)15-5-3-2-4-6-15/h2-8,13-14,16H,9-12H2,1H3. The van der Waals surface area contributed by atoms with Gasteiger partial charge >= 0.3 is 0 Å². The van der Waals surface area contributed by atoms with E-state index >= 15 is 0 Å². The van der Waals surface area contributed by atoms with E-state index in [0.717, 1.165) is 25.9 Å². The Morgan fingerprint density at radius 3 is 2.52 bits per heavy atom. The molecule has 0 aromatic heterocycles. The van der Waals surface area contributed by atoms with Gasteiger partial charge in [0, 0.05) is 13.1 Å². The van der Waals surface area contributed by atoms with E-state index in [9.17, 15) is 9.18 Å². The second-order valence-electron chi connectivity index (χ2n) is 6.35. The molecule has 0 bridgehead atoms. The highest BCUT2D eigenvalue weighted by atomic mass is 79.9. The Labute approximate surface area is 155 Å². The third-order valence-corrected chi connectivity index (χ3v) is 5.24. The molecular weight excluding hydrogens is 385 g/mol. The molecule has 1 aliphatic rings. The average Bonchev–Trinajstić information content (AvgIpc) is 2.64. The molecule has 3 nitrogen and oxygen atoms in total. The summed E-state index contributed by atoms with van der Waals surface area (Å²) >= 11 is 3.26. The van der Waals surface area contributed by atoms with Gasteiger partial charge in [0.2, 0.25) is 0 Å². The third kappa shape index (κ3) is 4.40. The molecule has 3 rings (SSSR count). The van der Waals surface area contributed by atoms with E-state index in [4.69, 9.17) is 4.74 Å². The van der Waals surface area contributed by atoms with Crippen LogP contribution in [0.15, 0.2) is 53.0 Å². The quantitative estimate of drug-likeness (QED) is 0.733. The Morgan fingerprint density at radius 1 is 1.20 bits per heavy atom. The minimum atomic E-state index is -0.602. The van der Waals surface area contributed by atoms with Gasteiger partial charge in [0.25, 0.3) is 5.91 Å². The number of nitrogens with zero attached hydrogens (tertiary/aromatic N) is 1. The molecule has 1 amide bonds. The normalized spacial score (nSPS) is 16.5. The predicted molar refractivity (Wildman–Crippen MR) is 99.2 cm³/mol. The lowest BCUT2D eigenvalue weighted by atomic mass is 9.89. The summed E-state index contributed by atoms with van der Waals surface area (Å²) in [6.45, 7) is 3.20. The van der Waals surface area contributed by atoms with Crippen LogP contribution in [-0.2, 0) is 4.79 Å². The lowest BCUT2D eigenvalue weighted by Gasteiger charge is -2.33. The molecule has 1 unspecified atom stereocenters. The molecule has 2 aromatic carbocycles. The molecule has 0 spiro atoms. The van der Waals surface area contributed by atoms with Crippen LogP contribution in [0.4, 0.5) is 4.39 Å². The fourth-order valence-electron chi connectivity index (χ4n) is 3.23. The van der Waals surface area contributed by atoms with Gasteiger partial charge in [-0.3, -0.25) is 4.79 Å². The first-order chi connectivity index (χ1) is 12.0. The molecule has 25 heavy (non-hydrogen) atoms. The summed E-state index contributed by atoms with van der Waals surface area (Å²) in [5.41, 5.74) is 1.34. The molecule has 1 heterocycles. The van der Waals surface area contributed by atoms with E-state index in [0.29, 0.717) is 16.1 Å². The van der Waals surface area contributed by atoms with E-state index < -0.39 is 6.10 Å². The number of carbonyl (C=O) groups is 1. The maximum Gasteiger partial charge on any atom is 0.263 e. The number of hydrogen-bond donors (Lipinski definition) is 0. The molecule has 1 saturated heterocycles. The van der Waals surface area contributed by atoms with E-state index in [1.807, 2.05) is 11.0 Å². The first-order valence-electron chi connectivity index (χ1n) is 8.50. The zero-order valence-electron chi connectivity index (χ0n) is 14.1. The SMILES string of the molecule is CC(Oc1ccc(F)cc1Br)C(=O)N1CCC(c2ccccc2)CC1. The zero-order valence-corrected chi connectivity index (χ0v) is 15.7. The van der Waals surface area contributed by atoms with Crippen LogP contribution in [0.5, 0.6) is 5.75 Å². The highest BCUT2D eigenvalue weighted by molar-refractivity contribution is 9.10. The number of ether oxygens (including phenoxy) is 1. The summed E-state index contributed by atoms with van der Waals surface area (Å²) in [5, 5.41) is 0. The van der Waals surface area contributed by atoms with Crippen molar-refractivity contribution in [2.75, 3.05) is 13.1 Å². The van der Waals surface area contributed by atoms with Gasteiger partial charge in [-0.25, -0.2) is 4.39 Å². The number of benzene rings is 2. The Bertz CT molecular complexity index is 730. The van der Waals surface area contributed by atoms with Crippen LogP contribution in [-0.4, -0.2) is 30.0 Å². The molecule has 1 atom stereocenters. The summed E-state index contributed by atoms with van der Waals surface area (Å²) in [4.78, 5) is 14.5. The number of rotatable bonds is 4. The minimum absolute atomic E-state index is 0.0252. The molecule has 132 valence electrons. The van der Waals surface area contributed by atoms with E-state index in [-0.39, 0.29) is 11.7 Å². The van der Waals surface area contributed by atoms with E-state index in [2.05, 4.69) is 40.2 Å². The molecule has 2 aromatic rings. The van der Waals surface area contributed by atoms with Crippen molar-refractivity contribution < 1.29 is 13.9 Å². The van der Waals surface area contributed by atoms with Crippen LogP contribution in [0.25, 0.3) is 0 Å². The molecule has 0 aliphatic carbocycles. The number of hydrogen-bond acceptors (Lipinski definition) is 2. The molecule has 0 N–H and O–H groups in total. The van der Waals surface area contributed by atoms with Crippen LogP contribution >= 0.6 is 15.9 Å². The number of piperidine rings is 1. The zero-order chi connectivity index (χ0) is 17.8. The number of halogens is 2. The average molecular weight is 406 g/mol. The van der Waals surface area contributed by atoms with Crippen LogP contribution < -0.4 is 4.74 Å². The van der Waals surface area contributed by atoms with Gasteiger partial charge in [-0.15, -0.1) is 0 Å². The minimum Gasteiger partial charge on any atom is -0.480 e. The maximum atomic E-state index is 13.2. The van der Waals surface area contributed by atoms with Crippen LogP contribution in [0.1, 0.15) is 31.2 Å². The molecule has 1 aliphatic heterocycles.